The van der Waals surface area contributed by atoms with Crippen molar-refractivity contribution in [3.8, 4) is 0 Å². The first-order valence-electron chi connectivity index (χ1n) is 4.57. The molecule has 3 nitrogen and oxygen atoms in total. The summed E-state index contributed by atoms with van der Waals surface area (Å²) in [6.45, 7) is 0. The van der Waals surface area contributed by atoms with Crippen molar-refractivity contribution in [3.05, 3.63) is 58.1 Å². The summed E-state index contributed by atoms with van der Waals surface area (Å²) in [7, 11) is 0. The molecule has 0 fully saturated rings. The second-order valence-corrected chi connectivity index (χ2v) is 4.02. The van der Waals surface area contributed by atoms with Crippen LogP contribution in [0.5, 0.6) is 0 Å². The highest BCUT2D eigenvalue weighted by Gasteiger charge is 2.17. The van der Waals surface area contributed by atoms with Crippen LogP contribution < -0.4 is 0 Å². The maximum atomic E-state index is 10.1. The Morgan fingerprint density at radius 1 is 1.06 bits per heavy atom. The third-order valence-corrected chi connectivity index (χ3v) is 2.83. The summed E-state index contributed by atoms with van der Waals surface area (Å²) >= 11 is 12.0. The molecule has 1 N–H and O–H groups in total. The van der Waals surface area contributed by atoms with Gasteiger partial charge in [-0.2, -0.15) is 0 Å². The van der Waals surface area contributed by atoms with Gasteiger partial charge in [-0.05, 0) is 12.1 Å². The van der Waals surface area contributed by atoms with Crippen molar-refractivity contribution in [1.29, 1.82) is 0 Å². The molecule has 0 radical (unpaired) electrons. The molecule has 2 aromatic rings. The zero-order valence-corrected chi connectivity index (χ0v) is 9.65. The number of hydrogen-bond acceptors (Lipinski definition) is 3. The lowest BCUT2D eigenvalue weighted by Crippen LogP contribution is -2.02. The van der Waals surface area contributed by atoms with E-state index >= 15 is 0 Å². The number of aliphatic hydroxyl groups excluding tert-OH is 1. The first-order chi connectivity index (χ1) is 7.70. The fourth-order valence-corrected chi connectivity index (χ4v) is 1.99. The smallest absolute Gasteiger partial charge is 0.115 e. The minimum atomic E-state index is -0.914. The number of nitrogens with zero attached hydrogens (tertiary/aromatic N) is 2. The van der Waals surface area contributed by atoms with Crippen LogP contribution >= 0.6 is 23.2 Å². The molecule has 1 atom stereocenters. The lowest BCUT2D eigenvalue weighted by atomic mass is 10.0. The van der Waals surface area contributed by atoms with Crippen molar-refractivity contribution in [2.45, 2.75) is 6.10 Å². The molecule has 0 amide bonds. The van der Waals surface area contributed by atoms with Crippen LogP contribution in [0.15, 0.2) is 36.9 Å². The second kappa shape index (κ2) is 4.78. The molecule has 1 aromatic heterocycles. The summed E-state index contributed by atoms with van der Waals surface area (Å²) in [5.41, 5.74) is 1.03. The quantitative estimate of drug-likeness (QED) is 0.897. The molecule has 5 heteroatoms. The molecule has 1 heterocycles. The fraction of sp³-hybridized carbons (Fsp3) is 0.0909. The van der Waals surface area contributed by atoms with Crippen LogP contribution in [-0.4, -0.2) is 15.1 Å². The van der Waals surface area contributed by atoms with Gasteiger partial charge in [0, 0.05) is 33.6 Å². The molecule has 0 aliphatic carbocycles. The number of benzene rings is 1. The third-order valence-electron chi connectivity index (χ3n) is 2.17. The Labute approximate surface area is 103 Å². The normalized spacial score (nSPS) is 12.4. The lowest BCUT2D eigenvalue weighted by molar-refractivity contribution is 0.219. The molecule has 82 valence electrons. The van der Waals surface area contributed by atoms with E-state index < -0.39 is 6.10 Å². The van der Waals surface area contributed by atoms with E-state index in [1.807, 2.05) is 0 Å². The summed E-state index contributed by atoms with van der Waals surface area (Å²) in [5.74, 6) is 0. The first-order valence-corrected chi connectivity index (χ1v) is 5.32. The predicted molar refractivity (Wildman–Crippen MR) is 62.6 cm³/mol. The van der Waals surface area contributed by atoms with Crippen LogP contribution in [0.2, 0.25) is 10.0 Å². The van der Waals surface area contributed by atoms with Crippen molar-refractivity contribution in [3.63, 3.8) is 0 Å². The molecule has 0 spiro atoms. The lowest BCUT2D eigenvalue weighted by Gasteiger charge is -2.13. The predicted octanol–water partition coefficient (Wildman–Crippen LogP) is 2.87. The Morgan fingerprint density at radius 3 is 2.19 bits per heavy atom. The van der Waals surface area contributed by atoms with E-state index in [1.54, 1.807) is 18.2 Å². The Hall–Kier alpha value is -1.16. The van der Waals surface area contributed by atoms with E-state index in [4.69, 9.17) is 23.2 Å². The Morgan fingerprint density at radius 2 is 1.62 bits per heavy atom. The molecule has 0 aliphatic rings. The van der Waals surface area contributed by atoms with Gasteiger partial charge in [-0.25, -0.2) is 9.97 Å². The van der Waals surface area contributed by atoms with Gasteiger partial charge in [-0.3, -0.25) is 0 Å². The Bertz CT molecular complexity index is 470. The zero-order valence-electron chi connectivity index (χ0n) is 8.14. The van der Waals surface area contributed by atoms with Gasteiger partial charge in [0.25, 0.3) is 0 Å². The molecular weight excluding hydrogens is 247 g/mol. The van der Waals surface area contributed by atoms with E-state index in [-0.39, 0.29) is 0 Å². The molecule has 0 bridgehead atoms. The number of halogens is 2. The average Bonchev–Trinajstić information content (AvgIpc) is 2.30. The minimum Gasteiger partial charge on any atom is -0.383 e. The standard InChI is InChI=1S/C11H8Cl2N2O/c12-8-2-1-3-9(13)10(8)11(16)7-4-14-6-15-5-7/h1-6,11,16H. The second-order valence-electron chi connectivity index (χ2n) is 3.21. The van der Waals surface area contributed by atoms with Crippen molar-refractivity contribution in [2.75, 3.05) is 0 Å². The van der Waals surface area contributed by atoms with Gasteiger partial charge in [-0.1, -0.05) is 29.3 Å². The van der Waals surface area contributed by atoms with Crippen molar-refractivity contribution >= 4 is 23.2 Å². The molecule has 0 saturated heterocycles. The number of hydrogen-bond donors (Lipinski definition) is 1. The summed E-state index contributed by atoms with van der Waals surface area (Å²) in [4.78, 5) is 7.67. The summed E-state index contributed by atoms with van der Waals surface area (Å²) in [6, 6.07) is 5.08. The SMILES string of the molecule is OC(c1cncnc1)c1c(Cl)cccc1Cl. The molecule has 16 heavy (non-hydrogen) atoms. The summed E-state index contributed by atoms with van der Waals surface area (Å²) < 4.78 is 0. The van der Waals surface area contributed by atoms with Gasteiger partial charge in [-0.15, -0.1) is 0 Å². The van der Waals surface area contributed by atoms with Crippen LogP contribution in [0.3, 0.4) is 0 Å². The Kier molecular flexibility index (Phi) is 3.39. The third kappa shape index (κ3) is 2.16. The highest BCUT2D eigenvalue weighted by atomic mass is 35.5. The minimum absolute atomic E-state index is 0.420. The Balaban J connectivity index is 2.46. The first kappa shape index (κ1) is 11.3. The fourth-order valence-electron chi connectivity index (χ4n) is 1.39. The topological polar surface area (TPSA) is 46.0 Å². The van der Waals surface area contributed by atoms with Gasteiger partial charge in [0.05, 0.1) is 0 Å². The van der Waals surface area contributed by atoms with Crippen LogP contribution in [0, 0.1) is 0 Å². The largest absolute Gasteiger partial charge is 0.383 e. The molecular formula is C11H8Cl2N2O. The summed E-state index contributed by atoms with van der Waals surface area (Å²) in [5, 5.41) is 10.9. The number of aliphatic hydroxyl groups is 1. The van der Waals surface area contributed by atoms with Crippen LogP contribution in [0.25, 0.3) is 0 Å². The highest BCUT2D eigenvalue weighted by molar-refractivity contribution is 6.36. The zero-order chi connectivity index (χ0) is 11.5. The van der Waals surface area contributed by atoms with Crippen molar-refractivity contribution < 1.29 is 5.11 Å². The summed E-state index contributed by atoms with van der Waals surface area (Å²) in [6.07, 6.45) is 3.53. The van der Waals surface area contributed by atoms with E-state index in [9.17, 15) is 5.11 Å². The van der Waals surface area contributed by atoms with Gasteiger partial charge < -0.3 is 5.11 Å². The number of rotatable bonds is 2. The number of aromatic nitrogens is 2. The van der Waals surface area contributed by atoms with Crippen LogP contribution in [-0.2, 0) is 0 Å². The van der Waals surface area contributed by atoms with E-state index in [2.05, 4.69) is 9.97 Å². The van der Waals surface area contributed by atoms with Crippen LogP contribution in [0.1, 0.15) is 17.2 Å². The average molecular weight is 255 g/mol. The molecule has 1 unspecified atom stereocenters. The van der Waals surface area contributed by atoms with E-state index in [0.29, 0.717) is 21.2 Å². The van der Waals surface area contributed by atoms with Crippen molar-refractivity contribution in [1.82, 2.24) is 9.97 Å². The molecule has 2 rings (SSSR count). The van der Waals surface area contributed by atoms with Gasteiger partial charge >= 0.3 is 0 Å². The maximum absolute atomic E-state index is 10.1. The van der Waals surface area contributed by atoms with E-state index in [0.717, 1.165) is 0 Å². The molecule has 0 aliphatic heterocycles. The van der Waals surface area contributed by atoms with Gasteiger partial charge in [0.2, 0.25) is 0 Å². The molecule has 0 saturated carbocycles. The van der Waals surface area contributed by atoms with Gasteiger partial charge in [0.15, 0.2) is 0 Å². The van der Waals surface area contributed by atoms with E-state index in [1.165, 1.54) is 18.7 Å². The monoisotopic (exact) mass is 254 g/mol. The maximum Gasteiger partial charge on any atom is 0.115 e. The van der Waals surface area contributed by atoms with Gasteiger partial charge in [0.1, 0.15) is 12.4 Å². The van der Waals surface area contributed by atoms with Crippen molar-refractivity contribution in [2.24, 2.45) is 0 Å². The van der Waals surface area contributed by atoms with Crippen LogP contribution in [0.4, 0.5) is 0 Å². The highest BCUT2D eigenvalue weighted by Crippen LogP contribution is 2.33. The molecule has 1 aromatic carbocycles.